The highest BCUT2D eigenvalue weighted by molar-refractivity contribution is 5.92. The van der Waals surface area contributed by atoms with Gasteiger partial charge >= 0.3 is 0 Å². The number of aromatic nitrogens is 5. The molecule has 0 aliphatic rings. The normalized spacial score (nSPS) is 10.4. The molecular formula is C6H8N8O2. The van der Waals surface area contributed by atoms with Gasteiger partial charge in [0.2, 0.25) is 11.6 Å². The molecule has 10 heteroatoms. The van der Waals surface area contributed by atoms with Crippen molar-refractivity contribution in [1.82, 2.24) is 30.7 Å². The van der Waals surface area contributed by atoms with Crippen LogP contribution in [-0.2, 0) is 0 Å². The summed E-state index contributed by atoms with van der Waals surface area (Å²) in [6, 6.07) is 0. The smallest absolute Gasteiger partial charge is 0.287 e. The first kappa shape index (κ1) is 10.0. The van der Waals surface area contributed by atoms with E-state index in [-0.39, 0.29) is 17.3 Å². The lowest BCUT2D eigenvalue weighted by Gasteiger charge is -1.98. The van der Waals surface area contributed by atoms with Gasteiger partial charge in [0.25, 0.3) is 5.91 Å². The second-order valence-electron chi connectivity index (χ2n) is 2.88. The number of hydrogen-bond donors (Lipinski definition) is 3. The van der Waals surface area contributed by atoms with Crippen LogP contribution in [0.1, 0.15) is 16.2 Å². The van der Waals surface area contributed by atoms with Gasteiger partial charge in [-0.3, -0.25) is 10.2 Å². The number of nitrogens with zero attached hydrogens (tertiary/aromatic N) is 5. The molecule has 2 rings (SSSR count). The number of nitrogens with two attached hydrogens (primary N) is 2. The van der Waals surface area contributed by atoms with Crippen LogP contribution < -0.4 is 17.0 Å². The van der Waals surface area contributed by atoms with Crippen LogP contribution in [0.5, 0.6) is 0 Å². The Labute approximate surface area is 88.5 Å². The molecule has 16 heavy (non-hydrogen) atoms. The van der Waals surface area contributed by atoms with E-state index in [9.17, 15) is 4.79 Å². The fourth-order valence-electron chi connectivity index (χ4n) is 1.15. The molecule has 0 aromatic carbocycles. The quantitative estimate of drug-likeness (QED) is 0.305. The molecule has 84 valence electrons. The molecule has 0 aliphatic heterocycles. The van der Waals surface area contributed by atoms with Crippen molar-refractivity contribution in [3.63, 3.8) is 0 Å². The van der Waals surface area contributed by atoms with Crippen LogP contribution >= 0.6 is 0 Å². The number of rotatable bonds is 2. The summed E-state index contributed by atoms with van der Waals surface area (Å²) in [5.41, 5.74) is 7.92. The van der Waals surface area contributed by atoms with Gasteiger partial charge in [-0.05, 0) is 17.2 Å². The minimum absolute atomic E-state index is 0.0488. The maximum atomic E-state index is 11.3. The Morgan fingerprint density at radius 2 is 2.25 bits per heavy atom. The third-order valence-corrected chi connectivity index (χ3v) is 1.94. The predicted octanol–water partition coefficient (Wildman–Crippen LogP) is -1.86. The number of hydrazine groups is 1. The van der Waals surface area contributed by atoms with E-state index in [1.807, 2.05) is 5.43 Å². The van der Waals surface area contributed by atoms with Crippen molar-refractivity contribution in [2.75, 3.05) is 5.73 Å². The highest BCUT2D eigenvalue weighted by atomic mass is 16.6. The molecule has 0 radical (unpaired) electrons. The molecule has 2 aromatic heterocycles. The first-order valence-corrected chi connectivity index (χ1v) is 4.16. The van der Waals surface area contributed by atoms with Crippen LogP contribution in [0, 0.1) is 6.92 Å². The van der Waals surface area contributed by atoms with Gasteiger partial charge in [-0.2, -0.15) is 4.68 Å². The molecule has 0 atom stereocenters. The number of carbonyl (C=O) groups excluding carboxylic acids is 1. The van der Waals surface area contributed by atoms with Gasteiger partial charge in [0.05, 0.1) is 5.69 Å². The Bertz CT molecular complexity index is 528. The van der Waals surface area contributed by atoms with Crippen molar-refractivity contribution in [1.29, 1.82) is 0 Å². The predicted molar refractivity (Wildman–Crippen MR) is 50.0 cm³/mol. The van der Waals surface area contributed by atoms with Crippen LogP contribution in [0.25, 0.3) is 5.82 Å². The summed E-state index contributed by atoms with van der Waals surface area (Å²) in [7, 11) is 0. The number of anilines is 1. The van der Waals surface area contributed by atoms with Crippen molar-refractivity contribution < 1.29 is 9.42 Å². The summed E-state index contributed by atoms with van der Waals surface area (Å²) < 4.78 is 5.64. The average Bonchev–Trinajstić information content (AvgIpc) is 2.84. The van der Waals surface area contributed by atoms with Gasteiger partial charge < -0.3 is 5.73 Å². The Morgan fingerprint density at radius 1 is 1.50 bits per heavy atom. The number of carbonyl (C=O) groups is 1. The first-order valence-electron chi connectivity index (χ1n) is 4.16. The fraction of sp³-hybridized carbons (Fsp3) is 0.167. The summed E-state index contributed by atoms with van der Waals surface area (Å²) in [4.78, 5) is 11.3. The lowest BCUT2D eigenvalue weighted by molar-refractivity contribution is 0.0948. The van der Waals surface area contributed by atoms with Gasteiger partial charge in [-0.25, -0.2) is 10.5 Å². The van der Waals surface area contributed by atoms with Gasteiger partial charge in [0.1, 0.15) is 0 Å². The Hall–Kier alpha value is -2.49. The molecule has 0 saturated carbocycles. The molecule has 2 heterocycles. The minimum Gasteiger partial charge on any atom is -0.378 e. The maximum Gasteiger partial charge on any atom is 0.287 e. The van der Waals surface area contributed by atoms with Crippen molar-refractivity contribution in [3.05, 3.63) is 11.4 Å². The summed E-state index contributed by atoms with van der Waals surface area (Å²) in [6.45, 7) is 1.61. The molecule has 10 nitrogen and oxygen atoms in total. The zero-order valence-corrected chi connectivity index (χ0v) is 8.21. The molecule has 0 bridgehead atoms. The van der Waals surface area contributed by atoms with E-state index in [0.717, 1.165) is 0 Å². The van der Waals surface area contributed by atoms with Crippen LogP contribution in [0.15, 0.2) is 4.63 Å². The van der Waals surface area contributed by atoms with Crippen molar-refractivity contribution in [3.8, 4) is 5.82 Å². The molecule has 5 N–H and O–H groups in total. The van der Waals surface area contributed by atoms with Crippen molar-refractivity contribution in [2.24, 2.45) is 5.84 Å². The Balaban J connectivity index is 2.49. The topological polar surface area (TPSA) is 151 Å². The molecule has 0 aliphatic carbocycles. The Morgan fingerprint density at radius 3 is 2.81 bits per heavy atom. The minimum atomic E-state index is -0.557. The lowest BCUT2D eigenvalue weighted by atomic mass is 10.3. The standard InChI is InChI=1S/C6H8N8O2/c1-2-3(6(15)9-8)10-13-14(2)5-4(7)11-16-12-5/h8H2,1H3,(H2,7,11)(H,9,15). The van der Waals surface area contributed by atoms with Crippen molar-refractivity contribution in [2.45, 2.75) is 6.92 Å². The van der Waals surface area contributed by atoms with Gasteiger partial charge in [0, 0.05) is 0 Å². The highest BCUT2D eigenvalue weighted by Crippen LogP contribution is 2.14. The van der Waals surface area contributed by atoms with E-state index in [1.165, 1.54) is 4.68 Å². The molecule has 0 spiro atoms. The molecule has 0 fully saturated rings. The summed E-state index contributed by atoms with van der Waals surface area (Å²) >= 11 is 0. The molecule has 1 amide bonds. The number of nitrogens with one attached hydrogen (secondary N) is 1. The first-order chi connectivity index (χ1) is 7.65. The highest BCUT2D eigenvalue weighted by Gasteiger charge is 2.19. The van der Waals surface area contributed by atoms with E-state index >= 15 is 0 Å². The molecule has 0 saturated heterocycles. The molecular weight excluding hydrogens is 216 g/mol. The largest absolute Gasteiger partial charge is 0.378 e. The van der Waals surface area contributed by atoms with E-state index < -0.39 is 5.91 Å². The zero-order valence-electron chi connectivity index (χ0n) is 8.21. The second-order valence-corrected chi connectivity index (χ2v) is 2.88. The zero-order chi connectivity index (χ0) is 11.7. The second kappa shape index (κ2) is 3.58. The van der Waals surface area contributed by atoms with Gasteiger partial charge in [-0.1, -0.05) is 5.21 Å². The summed E-state index contributed by atoms with van der Waals surface area (Å²) in [5, 5.41) is 14.3. The molecule has 2 aromatic rings. The van der Waals surface area contributed by atoms with Crippen LogP contribution in [0.3, 0.4) is 0 Å². The van der Waals surface area contributed by atoms with Gasteiger partial charge in [0.15, 0.2) is 5.69 Å². The average molecular weight is 224 g/mol. The fourth-order valence-corrected chi connectivity index (χ4v) is 1.15. The van der Waals surface area contributed by atoms with E-state index in [4.69, 9.17) is 11.6 Å². The monoisotopic (exact) mass is 224 g/mol. The third kappa shape index (κ3) is 1.37. The van der Waals surface area contributed by atoms with Gasteiger partial charge in [-0.15, -0.1) is 5.10 Å². The van der Waals surface area contributed by atoms with E-state index in [0.29, 0.717) is 5.69 Å². The number of nitrogen functional groups attached to an aromatic ring is 2. The summed E-state index contributed by atoms with van der Waals surface area (Å²) in [5.74, 6) is 4.64. The number of amides is 1. The van der Waals surface area contributed by atoms with Crippen molar-refractivity contribution >= 4 is 11.7 Å². The third-order valence-electron chi connectivity index (χ3n) is 1.94. The summed E-state index contributed by atoms with van der Waals surface area (Å²) in [6.07, 6.45) is 0. The maximum absolute atomic E-state index is 11.3. The van der Waals surface area contributed by atoms with Crippen LogP contribution in [-0.4, -0.2) is 31.2 Å². The number of hydrogen-bond acceptors (Lipinski definition) is 8. The van der Waals surface area contributed by atoms with E-state index in [1.54, 1.807) is 6.92 Å². The Kier molecular flexibility index (Phi) is 2.25. The molecule has 0 unspecified atom stereocenters. The lowest BCUT2D eigenvalue weighted by Crippen LogP contribution is -2.30. The van der Waals surface area contributed by atoms with Crippen LogP contribution in [0.4, 0.5) is 5.82 Å². The van der Waals surface area contributed by atoms with E-state index in [2.05, 4.69) is 25.3 Å². The van der Waals surface area contributed by atoms with Crippen LogP contribution in [0.2, 0.25) is 0 Å². The SMILES string of the molecule is Cc1c(C(=O)NN)nnn1-c1nonc1N.